The summed E-state index contributed by atoms with van der Waals surface area (Å²) in [7, 11) is 1.74. The maximum Gasteiger partial charge on any atom is 0.353 e. The van der Waals surface area contributed by atoms with Crippen LogP contribution in [-0.2, 0) is 12.6 Å². The molecule has 0 atom stereocenters. The minimum absolute atomic E-state index is 0.0203. The molecule has 1 aliphatic rings. The molecule has 0 radical (unpaired) electrons. The van der Waals surface area contributed by atoms with Gasteiger partial charge in [0.05, 0.1) is 23.5 Å². The fourth-order valence-electron chi connectivity index (χ4n) is 2.45. The number of carboxylic acid groups (broad SMARTS) is 1. The maximum atomic E-state index is 12.3. The van der Waals surface area contributed by atoms with E-state index >= 15 is 0 Å². The second-order valence-electron chi connectivity index (χ2n) is 5.24. The lowest BCUT2D eigenvalue weighted by atomic mass is 9.76. The summed E-state index contributed by atoms with van der Waals surface area (Å²) in [6, 6.07) is 0. The van der Waals surface area contributed by atoms with Crippen molar-refractivity contribution < 1.29 is 14.7 Å². The zero-order valence-electron chi connectivity index (χ0n) is 11.5. The topological polar surface area (TPSA) is 113 Å². The van der Waals surface area contributed by atoms with Crippen molar-refractivity contribution in [3.63, 3.8) is 0 Å². The van der Waals surface area contributed by atoms with Gasteiger partial charge in [-0.15, -0.1) is 0 Å². The predicted molar refractivity (Wildman–Crippen MR) is 71.8 cm³/mol. The van der Waals surface area contributed by atoms with Crippen LogP contribution in [0, 0.1) is 0 Å². The second kappa shape index (κ2) is 4.72. The summed E-state index contributed by atoms with van der Waals surface area (Å²) in [5.41, 5.74) is -0.124. The first kappa shape index (κ1) is 13.3. The maximum absolute atomic E-state index is 12.3. The number of aromatic amines is 1. The Morgan fingerprint density at radius 1 is 1.43 bits per heavy atom. The zero-order chi connectivity index (χ0) is 15.0. The lowest BCUT2D eigenvalue weighted by Gasteiger charge is -2.40. The van der Waals surface area contributed by atoms with E-state index in [-0.39, 0.29) is 11.6 Å². The van der Waals surface area contributed by atoms with Crippen LogP contribution in [0.25, 0.3) is 0 Å². The van der Waals surface area contributed by atoms with Crippen molar-refractivity contribution in [3.05, 3.63) is 35.7 Å². The Hall–Kier alpha value is -2.64. The highest BCUT2D eigenvalue weighted by Crippen LogP contribution is 2.40. The highest BCUT2D eigenvalue weighted by Gasteiger charge is 2.43. The predicted octanol–water partition coefficient (Wildman–Crippen LogP) is 0.651. The number of aromatic carboxylic acids is 1. The van der Waals surface area contributed by atoms with Gasteiger partial charge in [0.1, 0.15) is 11.5 Å². The van der Waals surface area contributed by atoms with E-state index in [0.717, 1.165) is 19.3 Å². The van der Waals surface area contributed by atoms with E-state index in [1.54, 1.807) is 17.9 Å². The summed E-state index contributed by atoms with van der Waals surface area (Å²) in [4.78, 5) is 30.1. The molecule has 1 fully saturated rings. The Labute approximate surface area is 120 Å². The van der Waals surface area contributed by atoms with Gasteiger partial charge in [0.2, 0.25) is 0 Å². The van der Waals surface area contributed by atoms with E-state index in [0.29, 0.717) is 11.4 Å². The van der Waals surface area contributed by atoms with Gasteiger partial charge in [-0.05, 0) is 19.3 Å². The molecule has 1 saturated carbocycles. The normalized spacial score (nSPS) is 16.2. The molecular weight excluding hydrogens is 274 g/mol. The molecule has 8 heteroatoms. The smallest absolute Gasteiger partial charge is 0.353 e. The number of carbonyl (C=O) groups is 2. The van der Waals surface area contributed by atoms with E-state index in [9.17, 15) is 9.59 Å². The summed E-state index contributed by atoms with van der Waals surface area (Å²) in [6.45, 7) is 0. The Bertz CT molecular complexity index is 698. The number of imidazole rings is 1. The van der Waals surface area contributed by atoms with Crippen molar-refractivity contribution in [2.45, 2.75) is 24.8 Å². The molecule has 8 nitrogen and oxygen atoms in total. The Kier molecular flexibility index (Phi) is 3.00. The molecule has 0 saturated heterocycles. The van der Waals surface area contributed by atoms with Crippen LogP contribution in [0.15, 0.2) is 18.6 Å². The van der Waals surface area contributed by atoms with Crippen LogP contribution in [0.4, 0.5) is 0 Å². The van der Waals surface area contributed by atoms with Crippen molar-refractivity contribution in [1.29, 1.82) is 0 Å². The highest BCUT2D eigenvalue weighted by atomic mass is 16.4. The lowest BCUT2D eigenvalue weighted by molar-refractivity contribution is 0.0690. The Morgan fingerprint density at radius 3 is 2.67 bits per heavy atom. The largest absolute Gasteiger partial charge is 0.477 e. The Morgan fingerprint density at radius 2 is 2.19 bits per heavy atom. The molecule has 110 valence electrons. The standard InChI is InChI=1S/C13H15N5O3/c1-18-7-8(5-15-18)10(19)17-13(3-2-4-13)12-14-6-9(16-12)11(20)21/h5-7H,2-4H2,1H3,(H,14,16)(H,17,19)(H,20,21). The summed E-state index contributed by atoms with van der Waals surface area (Å²) >= 11 is 0. The summed E-state index contributed by atoms with van der Waals surface area (Å²) in [5.74, 6) is -0.818. The van der Waals surface area contributed by atoms with Gasteiger partial charge in [-0.2, -0.15) is 5.10 Å². The molecule has 0 aromatic carbocycles. The van der Waals surface area contributed by atoms with Crippen LogP contribution in [0.2, 0.25) is 0 Å². The molecular formula is C13H15N5O3. The minimum Gasteiger partial charge on any atom is -0.477 e. The van der Waals surface area contributed by atoms with Crippen molar-refractivity contribution in [2.24, 2.45) is 7.05 Å². The number of nitrogens with one attached hydrogen (secondary N) is 2. The lowest BCUT2D eigenvalue weighted by Crippen LogP contribution is -2.51. The number of aromatic nitrogens is 4. The van der Waals surface area contributed by atoms with Gasteiger partial charge in [0, 0.05) is 13.2 Å². The molecule has 1 amide bonds. The van der Waals surface area contributed by atoms with Crippen LogP contribution in [0.5, 0.6) is 0 Å². The van der Waals surface area contributed by atoms with E-state index in [1.165, 1.54) is 12.4 Å². The van der Waals surface area contributed by atoms with Gasteiger partial charge in [0.25, 0.3) is 5.91 Å². The molecule has 1 aliphatic carbocycles. The number of amides is 1. The third kappa shape index (κ3) is 2.28. The average Bonchev–Trinajstić information content (AvgIpc) is 3.02. The number of nitrogens with zero attached hydrogens (tertiary/aromatic N) is 3. The number of H-pyrrole nitrogens is 1. The van der Waals surface area contributed by atoms with E-state index in [1.807, 2.05) is 0 Å². The number of carboxylic acids is 1. The quantitative estimate of drug-likeness (QED) is 0.765. The van der Waals surface area contributed by atoms with E-state index < -0.39 is 11.5 Å². The molecule has 2 heterocycles. The summed E-state index contributed by atoms with van der Waals surface area (Å²) in [5, 5.41) is 15.9. The van der Waals surface area contributed by atoms with E-state index in [4.69, 9.17) is 5.11 Å². The first-order chi connectivity index (χ1) is 10.00. The van der Waals surface area contributed by atoms with Crippen LogP contribution < -0.4 is 5.32 Å². The van der Waals surface area contributed by atoms with Crippen molar-refractivity contribution in [3.8, 4) is 0 Å². The minimum atomic E-state index is -1.07. The average molecular weight is 289 g/mol. The number of hydrogen-bond donors (Lipinski definition) is 3. The van der Waals surface area contributed by atoms with Crippen LogP contribution in [0.1, 0.15) is 45.9 Å². The van der Waals surface area contributed by atoms with Crippen LogP contribution in [-0.4, -0.2) is 36.7 Å². The van der Waals surface area contributed by atoms with Gasteiger partial charge in [-0.1, -0.05) is 0 Å². The number of rotatable bonds is 4. The van der Waals surface area contributed by atoms with Crippen molar-refractivity contribution in [2.75, 3.05) is 0 Å². The van der Waals surface area contributed by atoms with Crippen molar-refractivity contribution in [1.82, 2.24) is 25.1 Å². The monoisotopic (exact) mass is 289 g/mol. The molecule has 2 aromatic rings. The van der Waals surface area contributed by atoms with Gasteiger partial charge in [-0.25, -0.2) is 9.78 Å². The number of hydrogen-bond acceptors (Lipinski definition) is 4. The Balaban J connectivity index is 1.83. The third-order valence-corrected chi connectivity index (χ3v) is 3.79. The third-order valence-electron chi connectivity index (χ3n) is 3.79. The van der Waals surface area contributed by atoms with E-state index in [2.05, 4.69) is 20.4 Å². The fraction of sp³-hybridized carbons (Fsp3) is 0.385. The van der Waals surface area contributed by atoms with Crippen LogP contribution in [0.3, 0.4) is 0 Å². The first-order valence-corrected chi connectivity index (χ1v) is 6.60. The molecule has 0 unspecified atom stereocenters. The van der Waals surface area contributed by atoms with Gasteiger partial charge >= 0.3 is 5.97 Å². The molecule has 3 N–H and O–H groups in total. The van der Waals surface area contributed by atoms with Crippen molar-refractivity contribution >= 4 is 11.9 Å². The molecule has 0 spiro atoms. The molecule has 3 rings (SSSR count). The number of carbonyl (C=O) groups excluding carboxylic acids is 1. The first-order valence-electron chi connectivity index (χ1n) is 6.60. The van der Waals surface area contributed by atoms with Gasteiger partial charge in [-0.3, -0.25) is 9.48 Å². The molecule has 0 aliphatic heterocycles. The zero-order valence-corrected chi connectivity index (χ0v) is 11.5. The molecule has 0 bridgehead atoms. The second-order valence-corrected chi connectivity index (χ2v) is 5.24. The van der Waals surface area contributed by atoms with Gasteiger partial charge < -0.3 is 15.4 Å². The SMILES string of the molecule is Cn1cc(C(=O)NC2(c3ncc(C(=O)O)[nH]3)CCC2)cn1. The fourth-order valence-corrected chi connectivity index (χ4v) is 2.45. The van der Waals surface area contributed by atoms with Crippen LogP contribution >= 0.6 is 0 Å². The number of aryl methyl sites for hydroxylation is 1. The summed E-state index contributed by atoms with van der Waals surface area (Å²) in [6.07, 6.45) is 6.81. The highest BCUT2D eigenvalue weighted by molar-refractivity contribution is 5.94. The summed E-state index contributed by atoms with van der Waals surface area (Å²) < 4.78 is 1.55. The molecule has 2 aromatic heterocycles. The van der Waals surface area contributed by atoms with Gasteiger partial charge in [0.15, 0.2) is 0 Å². The molecule has 21 heavy (non-hydrogen) atoms.